The van der Waals surface area contributed by atoms with Gasteiger partial charge in [-0.2, -0.15) is 4.31 Å². The van der Waals surface area contributed by atoms with Gasteiger partial charge in [-0.15, -0.1) is 0 Å². The molecule has 34 heavy (non-hydrogen) atoms. The molecule has 1 saturated heterocycles. The first kappa shape index (κ1) is 22.8. The van der Waals surface area contributed by atoms with Crippen molar-refractivity contribution >= 4 is 15.9 Å². The summed E-state index contributed by atoms with van der Waals surface area (Å²) in [7, 11) is -3.66. The summed E-state index contributed by atoms with van der Waals surface area (Å²) in [6.07, 6.45) is -0.258. The van der Waals surface area contributed by atoms with Crippen LogP contribution in [0.4, 0.5) is 0 Å². The van der Waals surface area contributed by atoms with Crippen LogP contribution >= 0.6 is 0 Å². The van der Waals surface area contributed by atoms with Gasteiger partial charge in [0.05, 0.1) is 18.0 Å². The standard InChI is InChI=1S/C23H27N3O7S/c27-23(24-14-17-16-32-19-3-1-2-4-21(19)33-17)15-25-7-9-26(10-8-25)34(28,29)18-5-6-20-22(13-18)31-12-11-30-20/h1-6,13,17H,7-12,14-16H2,(H,24,27)/t17-/m1/s1. The van der Waals surface area contributed by atoms with E-state index >= 15 is 0 Å². The Morgan fingerprint density at radius 1 is 0.912 bits per heavy atom. The summed E-state index contributed by atoms with van der Waals surface area (Å²) < 4.78 is 50.1. The predicted molar refractivity (Wildman–Crippen MR) is 122 cm³/mol. The molecule has 0 saturated carbocycles. The number of fused-ring (bicyclic) bond motifs is 2. The Balaban J connectivity index is 1.09. The van der Waals surface area contributed by atoms with Gasteiger partial charge < -0.3 is 24.3 Å². The minimum atomic E-state index is -3.66. The van der Waals surface area contributed by atoms with Crippen molar-refractivity contribution in [3.8, 4) is 23.0 Å². The van der Waals surface area contributed by atoms with Gasteiger partial charge in [-0.05, 0) is 24.3 Å². The normalized spacial score (nSPS) is 20.5. The van der Waals surface area contributed by atoms with Gasteiger partial charge in [0.25, 0.3) is 0 Å². The smallest absolute Gasteiger partial charge is 0.243 e. The molecule has 0 radical (unpaired) electrons. The van der Waals surface area contributed by atoms with Crippen LogP contribution in [0.2, 0.25) is 0 Å². The number of para-hydroxylation sites is 2. The molecule has 1 atom stereocenters. The highest BCUT2D eigenvalue weighted by Crippen LogP contribution is 2.33. The van der Waals surface area contributed by atoms with E-state index in [1.807, 2.05) is 29.2 Å². The van der Waals surface area contributed by atoms with Gasteiger partial charge >= 0.3 is 0 Å². The number of rotatable bonds is 6. The minimum absolute atomic E-state index is 0.134. The molecular formula is C23H27N3O7S. The third kappa shape index (κ3) is 4.91. The largest absolute Gasteiger partial charge is 0.486 e. The molecule has 2 aromatic rings. The molecule has 3 heterocycles. The van der Waals surface area contributed by atoms with Crippen LogP contribution in [0.15, 0.2) is 47.4 Å². The molecular weight excluding hydrogens is 462 g/mol. The highest BCUT2D eigenvalue weighted by Gasteiger charge is 2.30. The third-order valence-corrected chi connectivity index (χ3v) is 7.84. The zero-order valence-corrected chi connectivity index (χ0v) is 19.5. The van der Waals surface area contributed by atoms with Crippen LogP contribution in [-0.4, -0.2) is 88.7 Å². The number of carbonyl (C=O) groups excluding carboxylic acids is 1. The van der Waals surface area contributed by atoms with E-state index in [0.717, 1.165) is 0 Å². The van der Waals surface area contributed by atoms with Crippen molar-refractivity contribution in [3.63, 3.8) is 0 Å². The van der Waals surface area contributed by atoms with Crippen molar-refractivity contribution in [1.82, 2.24) is 14.5 Å². The zero-order valence-electron chi connectivity index (χ0n) is 18.6. The number of nitrogens with one attached hydrogen (secondary N) is 1. The Labute approximate surface area is 198 Å². The quantitative estimate of drug-likeness (QED) is 0.633. The highest BCUT2D eigenvalue weighted by atomic mass is 32.2. The lowest BCUT2D eigenvalue weighted by atomic mass is 10.2. The maximum absolute atomic E-state index is 13.1. The van der Waals surface area contributed by atoms with E-state index in [9.17, 15) is 13.2 Å². The number of hydrogen-bond donors (Lipinski definition) is 1. The Morgan fingerprint density at radius 2 is 1.62 bits per heavy atom. The molecule has 1 N–H and O–H groups in total. The van der Waals surface area contributed by atoms with Gasteiger partial charge in [-0.25, -0.2) is 8.42 Å². The first-order chi connectivity index (χ1) is 16.5. The zero-order chi connectivity index (χ0) is 23.5. The fourth-order valence-electron chi connectivity index (χ4n) is 4.11. The lowest BCUT2D eigenvalue weighted by Gasteiger charge is -2.33. The summed E-state index contributed by atoms with van der Waals surface area (Å²) in [4.78, 5) is 14.6. The van der Waals surface area contributed by atoms with Gasteiger partial charge in [0, 0.05) is 32.2 Å². The maximum Gasteiger partial charge on any atom is 0.243 e. The Morgan fingerprint density at radius 3 is 2.41 bits per heavy atom. The molecule has 5 rings (SSSR count). The molecule has 1 fully saturated rings. The lowest BCUT2D eigenvalue weighted by Crippen LogP contribution is -2.51. The number of ether oxygens (including phenoxy) is 4. The molecule has 1 amide bonds. The molecule has 10 nitrogen and oxygen atoms in total. The Bertz CT molecular complexity index is 1150. The molecule has 3 aliphatic rings. The molecule has 182 valence electrons. The lowest BCUT2D eigenvalue weighted by molar-refractivity contribution is -0.123. The molecule has 0 bridgehead atoms. The van der Waals surface area contributed by atoms with Crippen molar-refractivity contribution < 1.29 is 32.2 Å². The van der Waals surface area contributed by atoms with E-state index in [4.69, 9.17) is 18.9 Å². The molecule has 0 spiro atoms. The van der Waals surface area contributed by atoms with Gasteiger partial charge in [-0.1, -0.05) is 12.1 Å². The number of piperazine rings is 1. The summed E-state index contributed by atoms with van der Waals surface area (Å²) in [5.74, 6) is 2.23. The number of amides is 1. The third-order valence-electron chi connectivity index (χ3n) is 5.94. The maximum atomic E-state index is 13.1. The monoisotopic (exact) mass is 489 g/mol. The van der Waals surface area contributed by atoms with Gasteiger partial charge in [0.15, 0.2) is 23.0 Å². The summed E-state index contributed by atoms with van der Waals surface area (Å²) in [6.45, 7) is 3.29. The topological polar surface area (TPSA) is 107 Å². The second-order valence-corrected chi connectivity index (χ2v) is 10.2. The van der Waals surface area contributed by atoms with Crippen molar-refractivity contribution in [2.24, 2.45) is 0 Å². The Hall–Kier alpha value is -3.02. The van der Waals surface area contributed by atoms with E-state index in [1.54, 1.807) is 6.07 Å². The molecule has 3 aliphatic heterocycles. The number of nitrogens with zero attached hydrogens (tertiary/aromatic N) is 2. The number of carbonyl (C=O) groups is 1. The van der Waals surface area contributed by atoms with E-state index in [1.165, 1.54) is 16.4 Å². The average molecular weight is 490 g/mol. The van der Waals surface area contributed by atoms with E-state index in [0.29, 0.717) is 75.5 Å². The first-order valence-corrected chi connectivity index (χ1v) is 12.7. The molecule has 0 unspecified atom stereocenters. The highest BCUT2D eigenvalue weighted by molar-refractivity contribution is 7.89. The van der Waals surface area contributed by atoms with Crippen molar-refractivity contribution in [2.45, 2.75) is 11.0 Å². The molecule has 0 aromatic heterocycles. The first-order valence-electron chi connectivity index (χ1n) is 11.3. The van der Waals surface area contributed by atoms with Crippen LogP contribution in [0, 0.1) is 0 Å². The number of sulfonamides is 1. The van der Waals surface area contributed by atoms with Gasteiger partial charge in [-0.3, -0.25) is 9.69 Å². The molecule has 0 aliphatic carbocycles. The summed E-state index contributed by atoms with van der Waals surface area (Å²) in [5, 5.41) is 2.88. The van der Waals surface area contributed by atoms with E-state index < -0.39 is 10.0 Å². The van der Waals surface area contributed by atoms with E-state index in [-0.39, 0.29) is 23.5 Å². The van der Waals surface area contributed by atoms with Crippen LogP contribution in [0.1, 0.15) is 0 Å². The average Bonchev–Trinajstić information content (AvgIpc) is 2.87. The fourth-order valence-corrected chi connectivity index (χ4v) is 5.55. The predicted octanol–water partition coefficient (Wildman–Crippen LogP) is 0.720. The van der Waals surface area contributed by atoms with Gasteiger partial charge in [0.1, 0.15) is 25.9 Å². The summed E-state index contributed by atoms with van der Waals surface area (Å²) >= 11 is 0. The van der Waals surface area contributed by atoms with Crippen molar-refractivity contribution in [1.29, 1.82) is 0 Å². The summed E-state index contributed by atoms with van der Waals surface area (Å²) in [6, 6.07) is 12.1. The summed E-state index contributed by atoms with van der Waals surface area (Å²) in [5.41, 5.74) is 0. The molecule has 2 aromatic carbocycles. The van der Waals surface area contributed by atoms with Crippen LogP contribution in [0.3, 0.4) is 0 Å². The SMILES string of the molecule is O=C(CN1CCN(S(=O)(=O)c2ccc3c(c2)OCCO3)CC1)NC[C@@H]1COc2ccccc2O1. The van der Waals surface area contributed by atoms with Crippen molar-refractivity contribution in [3.05, 3.63) is 42.5 Å². The fraction of sp³-hybridized carbons (Fsp3) is 0.435. The van der Waals surface area contributed by atoms with Crippen LogP contribution in [0.5, 0.6) is 23.0 Å². The van der Waals surface area contributed by atoms with E-state index in [2.05, 4.69) is 5.32 Å². The van der Waals surface area contributed by atoms with Gasteiger partial charge in [0.2, 0.25) is 15.9 Å². The van der Waals surface area contributed by atoms with Crippen LogP contribution in [0.25, 0.3) is 0 Å². The molecule has 11 heteroatoms. The Kier molecular flexibility index (Phi) is 6.48. The van der Waals surface area contributed by atoms with Crippen LogP contribution < -0.4 is 24.3 Å². The number of hydrogen-bond acceptors (Lipinski definition) is 8. The minimum Gasteiger partial charge on any atom is -0.486 e. The van der Waals surface area contributed by atoms with Crippen LogP contribution in [-0.2, 0) is 14.8 Å². The van der Waals surface area contributed by atoms with Crippen molar-refractivity contribution in [2.75, 3.05) is 59.1 Å². The second kappa shape index (κ2) is 9.69. The number of benzene rings is 2. The second-order valence-electron chi connectivity index (χ2n) is 8.29.